The molecule has 0 bridgehead atoms. The lowest BCUT2D eigenvalue weighted by molar-refractivity contribution is 0.0891. The molecule has 1 rings (SSSR count). The van der Waals surface area contributed by atoms with Crippen molar-refractivity contribution in [1.82, 2.24) is 9.13 Å². The number of halogens is 1. The first-order valence-corrected chi connectivity index (χ1v) is 4.50. The first-order chi connectivity index (χ1) is 6.99. The van der Waals surface area contributed by atoms with Crippen LogP contribution in [0.1, 0.15) is 24.6 Å². The van der Waals surface area contributed by atoms with E-state index in [0.29, 0.717) is 21.8 Å². The van der Waals surface area contributed by atoms with E-state index >= 15 is 0 Å². The van der Waals surface area contributed by atoms with Gasteiger partial charge in [-0.05, 0) is 6.42 Å². The standard InChI is InChI=1S/C9H11FN2O3/c1-3-4-7(13)12-5-6(10)8(14)11(2)9(12)15/h5H,3-4H2,1-2H3. The summed E-state index contributed by atoms with van der Waals surface area (Å²) in [6, 6.07) is 0. The van der Waals surface area contributed by atoms with E-state index in [-0.39, 0.29) is 6.42 Å². The average molecular weight is 214 g/mol. The van der Waals surface area contributed by atoms with Crippen molar-refractivity contribution in [3.05, 3.63) is 32.9 Å². The zero-order valence-electron chi connectivity index (χ0n) is 8.49. The number of rotatable bonds is 2. The summed E-state index contributed by atoms with van der Waals surface area (Å²) in [5, 5.41) is 0. The van der Waals surface area contributed by atoms with Crippen LogP contribution in [0.3, 0.4) is 0 Å². The van der Waals surface area contributed by atoms with Crippen LogP contribution in [0.5, 0.6) is 0 Å². The van der Waals surface area contributed by atoms with Gasteiger partial charge in [-0.1, -0.05) is 6.92 Å². The van der Waals surface area contributed by atoms with Crippen molar-refractivity contribution in [2.75, 3.05) is 0 Å². The van der Waals surface area contributed by atoms with Crippen LogP contribution in [0, 0.1) is 5.82 Å². The summed E-state index contributed by atoms with van der Waals surface area (Å²) in [5.74, 6) is -1.63. The Balaban J connectivity index is 3.39. The smallest absolute Gasteiger partial charge is 0.274 e. The van der Waals surface area contributed by atoms with E-state index in [1.54, 1.807) is 6.92 Å². The summed E-state index contributed by atoms with van der Waals surface area (Å²) in [6.45, 7) is 1.77. The Morgan fingerprint density at radius 3 is 2.60 bits per heavy atom. The van der Waals surface area contributed by atoms with Crippen LogP contribution in [0.4, 0.5) is 4.39 Å². The highest BCUT2D eigenvalue weighted by atomic mass is 19.1. The SMILES string of the molecule is CCCC(=O)n1cc(F)c(=O)n(C)c1=O. The van der Waals surface area contributed by atoms with E-state index in [1.165, 1.54) is 0 Å². The molecule has 6 heteroatoms. The molecule has 1 aromatic rings. The van der Waals surface area contributed by atoms with Crippen molar-refractivity contribution in [3.63, 3.8) is 0 Å². The minimum absolute atomic E-state index is 0.136. The molecule has 0 aliphatic rings. The van der Waals surface area contributed by atoms with E-state index in [2.05, 4.69) is 0 Å². The van der Waals surface area contributed by atoms with Crippen molar-refractivity contribution < 1.29 is 9.18 Å². The minimum atomic E-state index is -1.11. The zero-order valence-corrected chi connectivity index (χ0v) is 8.49. The molecule has 5 nitrogen and oxygen atoms in total. The second-order valence-corrected chi connectivity index (χ2v) is 3.14. The molecule has 0 unspecified atom stereocenters. The number of hydrogen-bond acceptors (Lipinski definition) is 3. The van der Waals surface area contributed by atoms with E-state index in [4.69, 9.17) is 0 Å². The van der Waals surface area contributed by atoms with Crippen LogP contribution in [0.15, 0.2) is 15.8 Å². The van der Waals surface area contributed by atoms with Crippen LogP contribution in [-0.4, -0.2) is 15.0 Å². The minimum Gasteiger partial charge on any atom is -0.274 e. The molecule has 1 heterocycles. The Morgan fingerprint density at radius 2 is 2.07 bits per heavy atom. The molecule has 0 amide bonds. The monoisotopic (exact) mass is 214 g/mol. The van der Waals surface area contributed by atoms with Crippen LogP contribution in [0.25, 0.3) is 0 Å². The van der Waals surface area contributed by atoms with Gasteiger partial charge in [0.1, 0.15) is 0 Å². The van der Waals surface area contributed by atoms with E-state index in [1.807, 2.05) is 0 Å². The molecule has 0 saturated heterocycles. The van der Waals surface area contributed by atoms with Crippen LogP contribution in [-0.2, 0) is 7.05 Å². The summed E-state index contributed by atoms with van der Waals surface area (Å²) in [6.07, 6.45) is 1.33. The lowest BCUT2D eigenvalue weighted by Gasteiger charge is -2.04. The van der Waals surface area contributed by atoms with E-state index in [9.17, 15) is 18.8 Å². The number of hydrogen-bond donors (Lipinski definition) is 0. The van der Waals surface area contributed by atoms with Gasteiger partial charge in [0.15, 0.2) is 0 Å². The first-order valence-electron chi connectivity index (χ1n) is 4.50. The lowest BCUT2D eigenvalue weighted by Crippen LogP contribution is -2.41. The Morgan fingerprint density at radius 1 is 1.47 bits per heavy atom. The van der Waals surface area contributed by atoms with Gasteiger partial charge in [-0.25, -0.2) is 9.36 Å². The van der Waals surface area contributed by atoms with Crippen molar-refractivity contribution in [3.8, 4) is 0 Å². The lowest BCUT2D eigenvalue weighted by atomic mass is 10.3. The van der Waals surface area contributed by atoms with Gasteiger partial charge in [-0.3, -0.25) is 14.2 Å². The maximum absolute atomic E-state index is 13.0. The molecule has 15 heavy (non-hydrogen) atoms. The van der Waals surface area contributed by atoms with Gasteiger partial charge in [0.25, 0.3) is 5.56 Å². The van der Waals surface area contributed by atoms with Gasteiger partial charge in [0.05, 0.1) is 6.20 Å². The summed E-state index contributed by atoms with van der Waals surface area (Å²) in [5.41, 5.74) is -1.85. The molecule has 0 N–H and O–H groups in total. The Hall–Kier alpha value is -1.72. The number of carbonyl (C=O) groups is 1. The predicted molar refractivity (Wildman–Crippen MR) is 51.4 cm³/mol. The maximum Gasteiger partial charge on any atom is 0.337 e. The molecule has 1 aromatic heterocycles. The van der Waals surface area contributed by atoms with Gasteiger partial charge >= 0.3 is 5.69 Å². The summed E-state index contributed by atoms with van der Waals surface area (Å²) >= 11 is 0. The van der Waals surface area contributed by atoms with Crippen molar-refractivity contribution in [2.45, 2.75) is 19.8 Å². The first kappa shape index (κ1) is 11.4. The van der Waals surface area contributed by atoms with Crippen LogP contribution in [0.2, 0.25) is 0 Å². The van der Waals surface area contributed by atoms with Gasteiger partial charge in [-0.2, -0.15) is 4.39 Å². The molecule has 0 spiro atoms. The van der Waals surface area contributed by atoms with Crippen molar-refractivity contribution >= 4 is 5.91 Å². The zero-order chi connectivity index (χ0) is 11.6. The van der Waals surface area contributed by atoms with Gasteiger partial charge in [0.2, 0.25) is 11.7 Å². The number of nitrogens with zero attached hydrogens (tertiary/aromatic N) is 2. The van der Waals surface area contributed by atoms with Crippen molar-refractivity contribution in [2.24, 2.45) is 7.05 Å². The summed E-state index contributed by atoms with van der Waals surface area (Å²) < 4.78 is 14.2. The fraction of sp³-hybridized carbons (Fsp3) is 0.444. The number of aromatic nitrogens is 2. The molecule has 82 valence electrons. The van der Waals surface area contributed by atoms with E-state index in [0.717, 1.165) is 7.05 Å². The van der Waals surface area contributed by atoms with Crippen LogP contribution >= 0.6 is 0 Å². The number of carbonyl (C=O) groups excluding carboxylic acids is 1. The second-order valence-electron chi connectivity index (χ2n) is 3.14. The van der Waals surface area contributed by atoms with Crippen molar-refractivity contribution in [1.29, 1.82) is 0 Å². The Bertz CT molecular complexity index is 501. The molecule has 0 saturated carbocycles. The van der Waals surface area contributed by atoms with E-state index < -0.39 is 23.0 Å². The molecule has 0 aromatic carbocycles. The highest BCUT2D eigenvalue weighted by molar-refractivity contribution is 5.78. The maximum atomic E-state index is 13.0. The summed E-state index contributed by atoms with van der Waals surface area (Å²) in [4.78, 5) is 33.7. The normalized spacial score (nSPS) is 10.3. The fourth-order valence-corrected chi connectivity index (χ4v) is 1.15. The summed E-state index contributed by atoms with van der Waals surface area (Å²) in [7, 11) is 1.13. The highest BCUT2D eigenvalue weighted by Crippen LogP contribution is 1.92. The predicted octanol–water partition coefficient (Wildman–Crippen LogP) is 0.126. The third-order valence-electron chi connectivity index (χ3n) is 1.98. The van der Waals surface area contributed by atoms with Gasteiger partial charge < -0.3 is 0 Å². The molecular weight excluding hydrogens is 203 g/mol. The Kier molecular flexibility index (Phi) is 3.18. The molecule has 0 radical (unpaired) electrons. The Labute approximate surface area is 84.8 Å². The molecule has 0 atom stereocenters. The molecular formula is C9H11FN2O3. The molecule has 0 fully saturated rings. The van der Waals surface area contributed by atoms with Crippen LogP contribution < -0.4 is 11.2 Å². The topological polar surface area (TPSA) is 61.1 Å². The quantitative estimate of drug-likeness (QED) is 0.702. The largest absolute Gasteiger partial charge is 0.337 e. The molecule has 0 aliphatic heterocycles. The average Bonchev–Trinajstić information content (AvgIpc) is 2.20. The van der Waals surface area contributed by atoms with Gasteiger partial charge in [0, 0.05) is 13.5 Å². The highest BCUT2D eigenvalue weighted by Gasteiger charge is 2.12. The molecule has 0 aliphatic carbocycles. The van der Waals surface area contributed by atoms with Gasteiger partial charge in [-0.15, -0.1) is 0 Å². The third-order valence-corrected chi connectivity index (χ3v) is 1.98. The second kappa shape index (κ2) is 4.20. The fourth-order valence-electron chi connectivity index (χ4n) is 1.15. The third kappa shape index (κ3) is 2.03.